The summed E-state index contributed by atoms with van der Waals surface area (Å²) in [4.78, 5) is 12.2. The van der Waals surface area contributed by atoms with Crippen LogP contribution in [0, 0.1) is 40.5 Å². The number of carbonyl (C=O) groups excluding carboxylic acids is 1. The highest BCUT2D eigenvalue weighted by atomic mass is 19.1. The second kappa shape index (κ2) is 11.1. The molecule has 0 aromatic heterocycles. The SMILES string of the molecule is CCCO[C@H]1CC[C@H](COc2cc(F)c(C(=O)Oc3cc(F)c(C#N)c(F)c3)c(F)c2)CC1. The number of benzene rings is 2. The number of hydrogen-bond donors (Lipinski definition) is 0. The largest absolute Gasteiger partial charge is 0.493 e. The highest BCUT2D eigenvalue weighted by molar-refractivity contribution is 5.91. The smallest absolute Gasteiger partial charge is 0.349 e. The third-order valence-electron chi connectivity index (χ3n) is 5.39. The Hall–Kier alpha value is -3.12. The summed E-state index contributed by atoms with van der Waals surface area (Å²) in [5.74, 6) is -6.98. The van der Waals surface area contributed by atoms with Gasteiger partial charge in [0.25, 0.3) is 0 Å². The first kappa shape index (κ1) is 24.5. The maximum absolute atomic E-state index is 14.4. The molecule has 33 heavy (non-hydrogen) atoms. The summed E-state index contributed by atoms with van der Waals surface area (Å²) in [5, 5.41) is 8.66. The quantitative estimate of drug-likeness (QED) is 0.284. The second-order valence-electron chi connectivity index (χ2n) is 7.85. The van der Waals surface area contributed by atoms with E-state index in [1.165, 1.54) is 6.07 Å². The Morgan fingerprint density at radius 3 is 2.09 bits per heavy atom. The number of halogens is 4. The van der Waals surface area contributed by atoms with Gasteiger partial charge >= 0.3 is 5.97 Å². The van der Waals surface area contributed by atoms with Gasteiger partial charge in [0.2, 0.25) is 0 Å². The van der Waals surface area contributed by atoms with E-state index in [0.29, 0.717) is 12.1 Å². The molecule has 1 fully saturated rings. The minimum absolute atomic E-state index is 0.0821. The van der Waals surface area contributed by atoms with E-state index < -0.39 is 46.1 Å². The summed E-state index contributed by atoms with van der Waals surface area (Å²) >= 11 is 0. The van der Waals surface area contributed by atoms with E-state index in [-0.39, 0.29) is 24.4 Å². The molecular weight excluding hydrogens is 442 g/mol. The Bertz CT molecular complexity index is 999. The van der Waals surface area contributed by atoms with Crippen molar-refractivity contribution in [3.8, 4) is 17.6 Å². The number of rotatable bonds is 8. The number of nitrogens with zero attached hydrogens (tertiary/aromatic N) is 1. The van der Waals surface area contributed by atoms with Gasteiger partial charge in [-0.3, -0.25) is 0 Å². The maximum atomic E-state index is 14.4. The van der Waals surface area contributed by atoms with Crippen molar-refractivity contribution >= 4 is 5.97 Å². The molecular formula is C24H23F4NO4. The number of nitriles is 1. The van der Waals surface area contributed by atoms with E-state index in [1.807, 2.05) is 0 Å². The molecule has 0 atom stereocenters. The minimum atomic E-state index is -1.48. The lowest BCUT2D eigenvalue weighted by molar-refractivity contribution is 0.0132. The van der Waals surface area contributed by atoms with Crippen molar-refractivity contribution < 1.29 is 36.6 Å². The first-order valence-corrected chi connectivity index (χ1v) is 10.7. The summed E-state index contributed by atoms with van der Waals surface area (Å²) in [5.41, 5.74) is -1.89. The summed E-state index contributed by atoms with van der Waals surface area (Å²) < 4.78 is 72.2. The van der Waals surface area contributed by atoms with Gasteiger partial charge in [0.15, 0.2) is 0 Å². The zero-order valence-electron chi connectivity index (χ0n) is 18.0. The van der Waals surface area contributed by atoms with Crippen LogP contribution in [0.4, 0.5) is 17.6 Å². The highest BCUT2D eigenvalue weighted by Gasteiger charge is 2.25. The standard InChI is InChI=1S/C24H23F4NO4/c1-2-7-31-15-5-3-14(4-6-15)13-32-16-8-21(27)23(22(28)9-16)24(30)33-17-10-19(25)18(12-29)20(26)11-17/h8-11,14-15H,2-7,13H2,1H3/t14-,15-. The van der Waals surface area contributed by atoms with Gasteiger partial charge in [-0.15, -0.1) is 0 Å². The normalized spacial score (nSPS) is 17.9. The summed E-state index contributed by atoms with van der Waals surface area (Å²) in [7, 11) is 0. The molecule has 5 nitrogen and oxygen atoms in total. The van der Waals surface area contributed by atoms with Crippen LogP contribution in [-0.4, -0.2) is 25.3 Å². The molecule has 0 radical (unpaired) electrons. The van der Waals surface area contributed by atoms with Crippen LogP contribution in [0.2, 0.25) is 0 Å². The van der Waals surface area contributed by atoms with Crippen LogP contribution in [-0.2, 0) is 4.74 Å². The fourth-order valence-electron chi connectivity index (χ4n) is 3.67. The Morgan fingerprint density at radius 2 is 1.55 bits per heavy atom. The van der Waals surface area contributed by atoms with Gasteiger partial charge in [-0.25, -0.2) is 22.4 Å². The molecule has 3 rings (SSSR count). The maximum Gasteiger partial charge on any atom is 0.349 e. The summed E-state index contributed by atoms with van der Waals surface area (Å²) in [6.45, 7) is 3.05. The number of hydrogen-bond acceptors (Lipinski definition) is 5. The molecule has 1 aliphatic rings. The van der Waals surface area contributed by atoms with Gasteiger partial charge in [-0.05, 0) is 38.0 Å². The van der Waals surface area contributed by atoms with Crippen molar-refractivity contribution in [2.45, 2.75) is 45.1 Å². The van der Waals surface area contributed by atoms with Crippen molar-refractivity contribution in [3.63, 3.8) is 0 Å². The first-order chi connectivity index (χ1) is 15.8. The highest BCUT2D eigenvalue weighted by Crippen LogP contribution is 2.29. The van der Waals surface area contributed by atoms with Crippen LogP contribution in [0.1, 0.15) is 54.9 Å². The molecule has 0 amide bonds. The molecule has 1 aliphatic carbocycles. The van der Waals surface area contributed by atoms with Crippen molar-refractivity contribution in [2.24, 2.45) is 5.92 Å². The van der Waals surface area contributed by atoms with E-state index in [9.17, 15) is 22.4 Å². The molecule has 0 heterocycles. The van der Waals surface area contributed by atoms with Crippen LogP contribution in [0.15, 0.2) is 24.3 Å². The summed E-state index contributed by atoms with van der Waals surface area (Å²) in [6, 6.07) is 4.19. The van der Waals surface area contributed by atoms with Crippen molar-refractivity contribution in [1.29, 1.82) is 5.26 Å². The van der Waals surface area contributed by atoms with Crippen LogP contribution < -0.4 is 9.47 Å². The van der Waals surface area contributed by atoms with E-state index in [2.05, 4.69) is 6.92 Å². The topological polar surface area (TPSA) is 68.6 Å². The average Bonchev–Trinajstić information content (AvgIpc) is 2.76. The zero-order chi connectivity index (χ0) is 24.0. The van der Waals surface area contributed by atoms with Crippen molar-refractivity contribution in [1.82, 2.24) is 0 Å². The Kier molecular flexibility index (Phi) is 8.28. The Balaban J connectivity index is 1.61. The molecule has 9 heteroatoms. The number of esters is 1. The second-order valence-corrected chi connectivity index (χ2v) is 7.85. The van der Waals surface area contributed by atoms with Gasteiger partial charge in [-0.2, -0.15) is 5.26 Å². The lowest BCUT2D eigenvalue weighted by atomic mass is 9.88. The predicted octanol–water partition coefficient (Wildman–Crippen LogP) is 5.70. The van der Waals surface area contributed by atoms with Crippen molar-refractivity contribution in [2.75, 3.05) is 13.2 Å². The summed E-state index contributed by atoms with van der Waals surface area (Å²) in [6.07, 6.45) is 4.75. The molecule has 0 bridgehead atoms. The van der Waals surface area contributed by atoms with Crippen LogP contribution in [0.5, 0.6) is 11.5 Å². The predicted molar refractivity (Wildman–Crippen MR) is 110 cm³/mol. The van der Waals surface area contributed by atoms with Crippen LogP contribution >= 0.6 is 0 Å². The lowest BCUT2D eigenvalue weighted by Gasteiger charge is -2.28. The number of ether oxygens (including phenoxy) is 3. The zero-order valence-corrected chi connectivity index (χ0v) is 18.0. The molecule has 0 saturated heterocycles. The molecule has 0 N–H and O–H groups in total. The number of carbonyl (C=O) groups is 1. The third-order valence-corrected chi connectivity index (χ3v) is 5.39. The van der Waals surface area contributed by atoms with E-state index in [0.717, 1.165) is 50.8 Å². The molecule has 0 spiro atoms. The average molecular weight is 465 g/mol. The Labute approximate surface area is 188 Å². The van der Waals surface area contributed by atoms with Gasteiger partial charge in [0, 0.05) is 30.9 Å². The van der Waals surface area contributed by atoms with E-state index in [1.54, 1.807) is 0 Å². The molecule has 1 saturated carbocycles. The van der Waals surface area contributed by atoms with Gasteiger partial charge < -0.3 is 14.2 Å². The molecule has 176 valence electrons. The van der Waals surface area contributed by atoms with Gasteiger partial charge in [-0.1, -0.05) is 6.92 Å². The first-order valence-electron chi connectivity index (χ1n) is 10.7. The third kappa shape index (κ3) is 6.23. The van der Waals surface area contributed by atoms with E-state index >= 15 is 0 Å². The minimum Gasteiger partial charge on any atom is -0.493 e. The van der Waals surface area contributed by atoms with Gasteiger partial charge in [0.05, 0.1) is 12.7 Å². The molecule has 2 aromatic carbocycles. The van der Waals surface area contributed by atoms with Crippen molar-refractivity contribution in [3.05, 3.63) is 58.7 Å². The van der Waals surface area contributed by atoms with E-state index in [4.69, 9.17) is 19.5 Å². The fraction of sp³-hybridized carbons (Fsp3) is 0.417. The van der Waals surface area contributed by atoms with Crippen LogP contribution in [0.3, 0.4) is 0 Å². The lowest BCUT2D eigenvalue weighted by Crippen LogP contribution is -2.25. The molecule has 0 aliphatic heterocycles. The molecule has 2 aromatic rings. The van der Waals surface area contributed by atoms with Gasteiger partial charge in [0.1, 0.15) is 52.0 Å². The fourth-order valence-corrected chi connectivity index (χ4v) is 3.67. The van der Waals surface area contributed by atoms with Crippen LogP contribution in [0.25, 0.3) is 0 Å². The monoisotopic (exact) mass is 465 g/mol. The molecule has 0 unspecified atom stereocenters. The Morgan fingerprint density at radius 1 is 0.970 bits per heavy atom.